The molecule has 0 unspecified atom stereocenters. The monoisotopic (exact) mass is 335 g/mol. The quantitative estimate of drug-likeness (QED) is 0.837. The average Bonchev–Trinajstić information content (AvgIpc) is 3.03. The molecular weight excluding hydrogens is 309 g/mol. The number of carbonyl (C=O) groups excluding carboxylic acids is 1. The number of halogens is 1. The first-order valence-corrected chi connectivity index (χ1v) is 8.63. The fourth-order valence-corrected chi connectivity index (χ4v) is 3.64. The molecule has 5 nitrogen and oxygen atoms in total. The molecule has 2 fully saturated rings. The van der Waals surface area contributed by atoms with Crippen molar-refractivity contribution in [2.45, 2.75) is 25.4 Å². The smallest absolute Gasteiger partial charge is 0.240 e. The van der Waals surface area contributed by atoms with Crippen LogP contribution in [0.3, 0.4) is 0 Å². The van der Waals surface area contributed by atoms with Crippen LogP contribution in [0.4, 0.5) is 4.39 Å². The summed E-state index contributed by atoms with van der Waals surface area (Å²) in [4.78, 5) is 18.9. The van der Waals surface area contributed by atoms with Crippen LogP contribution in [0, 0.1) is 5.82 Å². The molecule has 0 aromatic heterocycles. The second kappa shape index (κ2) is 7.49. The summed E-state index contributed by atoms with van der Waals surface area (Å²) in [5, 5.41) is 0. The first-order chi connectivity index (χ1) is 11.6. The highest BCUT2D eigenvalue weighted by atomic mass is 19.1. The standard InChI is InChI=1S/C18H26FN3O2/c1-20-8-4-6-15(20)18(23)22-11-9-21(10-12-22)13-14-5-3-7-16(24-2)17(14)19/h3,5,7,15H,4,6,8-13H2,1-2H3/t15-/m1/s1. The van der Waals surface area contributed by atoms with Crippen LogP contribution in [0.1, 0.15) is 18.4 Å². The molecule has 132 valence electrons. The van der Waals surface area contributed by atoms with Gasteiger partial charge in [-0.05, 0) is 32.5 Å². The van der Waals surface area contributed by atoms with Crippen molar-refractivity contribution in [1.82, 2.24) is 14.7 Å². The summed E-state index contributed by atoms with van der Waals surface area (Å²) in [6.07, 6.45) is 2.06. The molecular formula is C18H26FN3O2. The molecule has 2 aliphatic heterocycles. The van der Waals surface area contributed by atoms with E-state index in [1.807, 2.05) is 18.0 Å². The summed E-state index contributed by atoms with van der Waals surface area (Å²) in [5.41, 5.74) is 0.643. The van der Waals surface area contributed by atoms with E-state index in [0.717, 1.165) is 45.6 Å². The normalized spacial score (nSPS) is 22.8. The number of benzene rings is 1. The van der Waals surface area contributed by atoms with Gasteiger partial charge < -0.3 is 9.64 Å². The van der Waals surface area contributed by atoms with Gasteiger partial charge in [0, 0.05) is 38.3 Å². The fourth-order valence-electron chi connectivity index (χ4n) is 3.64. The minimum Gasteiger partial charge on any atom is -0.494 e. The van der Waals surface area contributed by atoms with Crippen molar-refractivity contribution in [3.63, 3.8) is 0 Å². The number of ether oxygens (including phenoxy) is 1. The fraction of sp³-hybridized carbons (Fsp3) is 0.611. The Morgan fingerprint density at radius 3 is 2.62 bits per heavy atom. The molecule has 1 amide bonds. The largest absolute Gasteiger partial charge is 0.494 e. The molecule has 1 atom stereocenters. The van der Waals surface area contributed by atoms with E-state index in [9.17, 15) is 9.18 Å². The Kier molecular flexibility index (Phi) is 5.36. The lowest BCUT2D eigenvalue weighted by atomic mass is 10.1. The van der Waals surface area contributed by atoms with Crippen LogP contribution in [0.15, 0.2) is 18.2 Å². The molecule has 0 radical (unpaired) electrons. The van der Waals surface area contributed by atoms with Crippen LogP contribution in [0.5, 0.6) is 5.75 Å². The van der Waals surface area contributed by atoms with Gasteiger partial charge in [-0.2, -0.15) is 0 Å². The van der Waals surface area contributed by atoms with Crippen LogP contribution < -0.4 is 4.74 Å². The van der Waals surface area contributed by atoms with Crippen LogP contribution >= 0.6 is 0 Å². The minimum absolute atomic E-state index is 0.0485. The van der Waals surface area contributed by atoms with Crippen molar-refractivity contribution < 1.29 is 13.9 Å². The predicted molar refractivity (Wildman–Crippen MR) is 90.5 cm³/mol. The molecule has 2 heterocycles. The van der Waals surface area contributed by atoms with Gasteiger partial charge in [-0.1, -0.05) is 12.1 Å². The second-order valence-electron chi connectivity index (χ2n) is 6.67. The third kappa shape index (κ3) is 3.54. The molecule has 2 aliphatic rings. The van der Waals surface area contributed by atoms with Crippen molar-refractivity contribution in [3.05, 3.63) is 29.6 Å². The van der Waals surface area contributed by atoms with Gasteiger partial charge in [0.25, 0.3) is 0 Å². The Hall–Kier alpha value is -1.66. The molecule has 0 N–H and O–H groups in total. The van der Waals surface area contributed by atoms with E-state index < -0.39 is 0 Å². The lowest BCUT2D eigenvalue weighted by Gasteiger charge is -2.37. The maximum absolute atomic E-state index is 14.3. The summed E-state index contributed by atoms with van der Waals surface area (Å²) >= 11 is 0. The van der Waals surface area contributed by atoms with Crippen LogP contribution in [0.2, 0.25) is 0 Å². The third-order valence-corrected chi connectivity index (χ3v) is 5.15. The number of methoxy groups -OCH3 is 1. The summed E-state index contributed by atoms with van der Waals surface area (Å²) in [6.45, 7) is 4.54. The van der Waals surface area contributed by atoms with Crippen molar-refractivity contribution in [2.75, 3.05) is 46.9 Å². The lowest BCUT2D eigenvalue weighted by molar-refractivity contribution is -0.137. The highest BCUT2D eigenvalue weighted by Crippen LogP contribution is 2.22. The van der Waals surface area contributed by atoms with E-state index >= 15 is 0 Å². The SMILES string of the molecule is COc1cccc(CN2CCN(C(=O)[C@H]3CCCN3C)CC2)c1F. The molecule has 0 aliphatic carbocycles. The summed E-state index contributed by atoms with van der Waals surface area (Å²) in [7, 11) is 3.50. The molecule has 3 rings (SSSR count). The third-order valence-electron chi connectivity index (χ3n) is 5.15. The predicted octanol–water partition coefficient (Wildman–Crippen LogP) is 1.57. The van der Waals surface area contributed by atoms with Crippen molar-refractivity contribution in [2.24, 2.45) is 0 Å². The first-order valence-electron chi connectivity index (χ1n) is 8.63. The number of hydrogen-bond acceptors (Lipinski definition) is 4. The van der Waals surface area contributed by atoms with Gasteiger partial charge in [-0.15, -0.1) is 0 Å². The van der Waals surface area contributed by atoms with E-state index in [-0.39, 0.29) is 23.5 Å². The zero-order valence-corrected chi connectivity index (χ0v) is 14.5. The van der Waals surface area contributed by atoms with Gasteiger partial charge >= 0.3 is 0 Å². The lowest BCUT2D eigenvalue weighted by Crippen LogP contribution is -2.52. The van der Waals surface area contributed by atoms with Gasteiger partial charge in [0.15, 0.2) is 11.6 Å². The van der Waals surface area contributed by atoms with Gasteiger partial charge in [0.1, 0.15) is 0 Å². The van der Waals surface area contributed by atoms with Crippen molar-refractivity contribution in [1.29, 1.82) is 0 Å². The van der Waals surface area contributed by atoms with E-state index in [1.54, 1.807) is 12.1 Å². The zero-order valence-electron chi connectivity index (χ0n) is 14.5. The molecule has 0 spiro atoms. The number of amides is 1. The van der Waals surface area contributed by atoms with Gasteiger partial charge in [0.2, 0.25) is 5.91 Å². The van der Waals surface area contributed by atoms with Gasteiger partial charge in [0.05, 0.1) is 13.2 Å². The molecule has 24 heavy (non-hydrogen) atoms. The molecule has 0 bridgehead atoms. The molecule has 6 heteroatoms. The molecule has 0 saturated carbocycles. The van der Waals surface area contributed by atoms with E-state index in [2.05, 4.69) is 9.80 Å². The van der Waals surface area contributed by atoms with Gasteiger partial charge in [-0.25, -0.2) is 4.39 Å². The topological polar surface area (TPSA) is 36.0 Å². The Morgan fingerprint density at radius 1 is 1.25 bits per heavy atom. The maximum Gasteiger partial charge on any atom is 0.240 e. The molecule has 2 saturated heterocycles. The van der Waals surface area contributed by atoms with Crippen molar-refractivity contribution in [3.8, 4) is 5.75 Å². The van der Waals surface area contributed by atoms with Gasteiger partial charge in [-0.3, -0.25) is 14.6 Å². The summed E-state index contributed by atoms with van der Waals surface area (Å²) < 4.78 is 19.3. The number of hydrogen-bond donors (Lipinski definition) is 0. The highest BCUT2D eigenvalue weighted by molar-refractivity contribution is 5.82. The van der Waals surface area contributed by atoms with E-state index in [4.69, 9.17) is 4.74 Å². The Bertz CT molecular complexity index is 588. The maximum atomic E-state index is 14.3. The number of likely N-dealkylation sites (tertiary alicyclic amines) is 1. The first kappa shape index (κ1) is 17.2. The highest BCUT2D eigenvalue weighted by Gasteiger charge is 2.32. The Labute approximate surface area is 143 Å². The number of likely N-dealkylation sites (N-methyl/N-ethyl adjacent to an activating group) is 1. The van der Waals surface area contributed by atoms with Crippen LogP contribution in [-0.4, -0.2) is 73.5 Å². The summed E-state index contributed by atoms with van der Waals surface area (Å²) in [5.74, 6) is 0.249. The van der Waals surface area contributed by atoms with E-state index in [0.29, 0.717) is 12.1 Å². The van der Waals surface area contributed by atoms with E-state index in [1.165, 1.54) is 7.11 Å². The molecule has 1 aromatic carbocycles. The molecule has 1 aromatic rings. The summed E-state index contributed by atoms with van der Waals surface area (Å²) in [6, 6.07) is 5.29. The Morgan fingerprint density at radius 2 is 2.00 bits per heavy atom. The van der Waals surface area contributed by atoms with Crippen LogP contribution in [-0.2, 0) is 11.3 Å². The second-order valence-corrected chi connectivity index (χ2v) is 6.67. The number of piperazine rings is 1. The number of carbonyl (C=O) groups is 1. The van der Waals surface area contributed by atoms with Crippen LogP contribution in [0.25, 0.3) is 0 Å². The Balaban J connectivity index is 1.55. The number of nitrogens with zero attached hydrogens (tertiary/aromatic N) is 3. The minimum atomic E-state index is -0.286. The van der Waals surface area contributed by atoms with Crippen molar-refractivity contribution >= 4 is 5.91 Å². The average molecular weight is 335 g/mol. The zero-order chi connectivity index (χ0) is 17.1. The number of rotatable bonds is 4.